The topological polar surface area (TPSA) is 77.1 Å². The highest BCUT2D eigenvalue weighted by Crippen LogP contribution is 2.30. The molecular formula is C18H21N5O2. The van der Waals surface area contributed by atoms with Gasteiger partial charge in [0.15, 0.2) is 5.82 Å². The Labute approximate surface area is 145 Å². The molecule has 0 saturated carbocycles. The van der Waals surface area contributed by atoms with Gasteiger partial charge in [-0.25, -0.2) is 4.98 Å². The highest BCUT2D eigenvalue weighted by atomic mass is 16.5. The number of benzene rings is 1. The normalized spacial score (nSPS) is 17.5. The number of carbonyl (C=O) groups is 1. The minimum absolute atomic E-state index is 0.0592. The molecule has 0 bridgehead atoms. The number of amides is 1. The van der Waals surface area contributed by atoms with Crippen molar-refractivity contribution < 1.29 is 9.32 Å². The highest BCUT2D eigenvalue weighted by molar-refractivity contribution is 5.78. The van der Waals surface area contributed by atoms with E-state index in [4.69, 9.17) is 4.52 Å². The minimum atomic E-state index is -0.0592. The molecule has 1 aromatic carbocycles. The number of likely N-dealkylation sites (tertiary alicyclic amines) is 1. The van der Waals surface area contributed by atoms with Crippen molar-refractivity contribution in [1.29, 1.82) is 0 Å². The number of fused-ring (bicyclic) bond motifs is 1. The quantitative estimate of drug-likeness (QED) is 0.714. The molecule has 0 aliphatic carbocycles. The van der Waals surface area contributed by atoms with Crippen molar-refractivity contribution >= 4 is 16.9 Å². The lowest BCUT2D eigenvalue weighted by atomic mass is 10.2. The molecule has 1 fully saturated rings. The largest absolute Gasteiger partial charge is 0.339 e. The molecule has 1 saturated heterocycles. The van der Waals surface area contributed by atoms with Gasteiger partial charge in [-0.15, -0.1) is 0 Å². The third-order valence-corrected chi connectivity index (χ3v) is 4.75. The van der Waals surface area contributed by atoms with Gasteiger partial charge in [-0.05, 0) is 25.0 Å². The van der Waals surface area contributed by atoms with Crippen LogP contribution in [0.3, 0.4) is 0 Å². The van der Waals surface area contributed by atoms with Crippen LogP contribution in [0.1, 0.15) is 43.9 Å². The summed E-state index contributed by atoms with van der Waals surface area (Å²) in [5, 5.41) is 4.06. The summed E-state index contributed by atoms with van der Waals surface area (Å²) in [5.74, 6) is 1.39. The molecule has 3 heterocycles. The third-order valence-electron chi connectivity index (χ3n) is 4.75. The number of hydrogen-bond donors (Lipinski definition) is 0. The van der Waals surface area contributed by atoms with Crippen LogP contribution in [0.15, 0.2) is 35.1 Å². The van der Waals surface area contributed by atoms with E-state index in [2.05, 4.69) is 15.1 Å². The van der Waals surface area contributed by atoms with Gasteiger partial charge >= 0.3 is 0 Å². The number of hydrogen-bond acceptors (Lipinski definition) is 5. The average molecular weight is 339 g/mol. The summed E-state index contributed by atoms with van der Waals surface area (Å²) in [6, 6.07) is 7.90. The maximum atomic E-state index is 12.7. The summed E-state index contributed by atoms with van der Waals surface area (Å²) >= 11 is 0. The van der Waals surface area contributed by atoms with Crippen LogP contribution in [-0.4, -0.2) is 37.0 Å². The van der Waals surface area contributed by atoms with Crippen LogP contribution in [0, 0.1) is 0 Å². The fraction of sp³-hybridized carbons (Fsp3) is 0.444. The van der Waals surface area contributed by atoms with Crippen LogP contribution in [0.4, 0.5) is 0 Å². The molecule has 7 heteroatoms. The van der Waals surface area contributed by atoms with Crippen LogP contribution >= 0.6 is 0 Å². The Bertz CT molecular complexity index is 884. The minimum Gasteiger partial charge on any atom is -0.339 e. The van der Waals surface area contributed by atoms with E-state index in [1.807, 2.05) is 40.7 Å². The molecule has 7 nitrogen and oxygen atoms in total. The van der Waals surface area contributed by atoms with E-state index in [1.54, 1.807) is 6.33 Å². The van der Waals surface area contributed by atoms with Crippen molar-refractivity contribution in [2.75, 3.05) is 6.54 Å². The van der Waals surface area contributed by atoms with Crippen LogP contribution < -0.4 is 0 Å². The van der Waals surface area contributed by atoms with Crippen molar-refractivity contribution in [2.45, 2.75) is 45.2 Å². The molecule has 0 spiro atoms. The third kappa shape index (κ3) is 3.01. The number of imidazole rings is 1. The summed E-state index contributed by atoms with van der Waals surface area (Å²) in [7, 11) is 0. The first kappa shape index (κ1) is 15.8. The van der Waals surface area contributed by atoms with Crippen molar-refractivity contribution in [3.63, 3.8) is 0 Å². The van der Waals surface area contributed by atoms with E-state index < -0.39 is 0 Å². The molecule has 0 N–H and O–H groups in total. The zero-order chi connectivity index (χ0) is 17.2. The van der Waals surface area contributed by atoms with Gasteiger partial charge in [0, 0.05) is 25.9 Å². The van der Waals surface area contributed by atoms with Gasteiger partial charge < -0.3 is 14.0 Å². The van der Waals surface area contributed by atoms with E-state index in [1.165, 1.54) is 0 Å². The summed E-state index contributed by atoms with van der Waals surface area (Å²) < 4.78 is 7.24. The molecular weight excluding hydrogens is 318 g/mol. The van der Waals surface area contributed by atoms with Gasteiger partial charge in [-0.1, -0.05) is 24.2 Å². The Morgan fingerprint density at radius 2 is 2.24 bits per heavy atom. The molecule has 1 atom stereocenters. The SMILES string of the molecule is CCc1nc([C@@H]2CCCN2C(=O)CCn2cnc3ccccc32)no1. The summed E-state index contributed by atoms with van der Waals surface area (Å²) in [4.78, 5) is 23.4. The molecule has 25 heavy (non-hydrogen) atoms. The Morgan fingerprint density at radius 3 is 3.08 bits per heavy atom. The second-order valence-electron chi connectivity index (χ2n) is 6.32. The van der Waals surface area contributed by atoms with E-state index in [9.17, 15) is 4.79 Å². The van der Waals surface area contributed by atoms with Crippen LogP contribution in [-0.2, 0) is 17.8 Å². The second-order valence-corrected chi connectivity index (χ2v) is 6.32. The van der Waals surface area contributed by atoms with Gasteiger partial charge in [-0.2, -0.15) is 4.98 Å². The molecule has 1 amide bonds. The van der Waals surface area contributed by atoms with Gasteiger partial charge in [0.05, 0.1) is 23.4 Å². The maximum Gasteiger partial charge on any atom is 0.226 e. The van der Waals surface area contributed by atoms with Gasteiger partial charge in [-0.3, -0.25) is 4.79 Å². The lowest BCUT2D eigenvalue weighted by Crippen LogP contribution is -2.31. The number of nitrogens with zero attached hydrogens (tertiary/aromatic N) is 5. The highest BCUT2D eigenvalue weighted by Gasteiger charge is 2.33. The van der Waals surface area contributed by atoms with Gasteiger partial charge in [0.1, 0.15) is 0 Å². The number of rotatable bonds is 5. The van der Waals surface area contributed by atoms with Crippen LogP contribution in [0.25, 0.3) is 11.0 Å². The lowest BCUT2D eigenvalue weighted by molar-refractivity contribution is -0.132. The zero-order valence-corrected chi connectivity index (χ0v) is 14.3. The first-order valence-corrected chi connectivity index (χ1v) is 8.78. The van der Waals surface area contributed by atoms with E-state index in [0.717, 1.165) is 30.4 Å². The molecule has 2 aromatic heterocycles. The Hall–Kier alpha value is -2.70. The Balaban J connectivity index is 1.45. The second kappa shape index (κ2) is 6.66. The van der Waals surface area contributed by atoms with E-state index in [0.29, 0.717) is 31.1 Å². The number of aromatic nitrogens is 4. The fourth-order valence-corrected chi connectivity index (χ4v) is 3.43. The molecule has 4 rings (SSSR count). The standard InChI is InChI=1S/C18H21N5O2/c1-2-16-20-18(21-25-16)15-8-5-10-23(15)17(24)9-11-22-12-19-13-6-3-4-7-14(13)22/h3-4,6-7,12,15H,2,5,8-11H2,1H3/t15-/m0/s1. The van der Waals surface area contributed by atoms with E-state index >= 15 is 0 Å². The van der Waals surface area contributed by atoms with Gasteiger partial charge in [0.25, 0.3) is 0 Å². The lowest BCUT2D eigenvalue weighted by Gasteiger charge is -2.22. The van der Waals surface area contributed by atoms with Crippen LogP contribution in [0.2, 0.25) is 0 Å². The fourth-order valence-electron chi connectivity index (χ4n) is 3.43. The van der Waals surface area contributed by atoms with Gasteiger partial charge in [0.2, 0.25) is 11.8 Å². The van der Waals surface area contributed by atoms with E-state index in [-0.39, 0.29) is 11.9 Å². The predicted octanol–water partition coefficient (Wildman–Crippen LogP) is 2.74. The average Bonchev–Trinajstić information content (AvgIpc) is 3.37. The van der Waals surface area contributed by atoms with Crippen molar-refractivity contribution in [1.82, 2.24) is 24.6 Å². The Kier molecular flexibility index (Phi) is 4.21. The monoisotopic (exact) mass is 339 g/mol. The molecule has 3 aromatic rings. The molecule has 1 aliphatic rings. The van der Waals surface area contributed by atoms with Crippen molar-refractivity contribution in [2.24, 2.45) is 0 Å². The first-order valence-electron chi connectivity index (χ1n) is 8.78. The molecule has 0 unspecified atom stereocenters. The summed E-state index contributed by atoms with van der Waals surface area (Å²) in [6.45, 7) is 3.35. The number of carbonyl (C=O) groups excluding carboxylic acids is 1. The first-order chi connectivity index (χ1) is 12.3. The molecule has 0 radical (unpaired) electrons. The van der Waals surface area contributed by atoms with Crippen molar-refractivity contribution in [3.05, 3.63) is 42.3 Å². The number of para-hydroxylation sites is 2. The van der Waals surface area contributed by atoms with Crippen LogP contribution in [0.5, 0.6) is 0 Å². The molecule has 130 valence electrons. The zero-order valence-electron chi connectivity index (χ0n) is 14.3. The summed E-state index contributed by atoms with van der Waals surface area (Å²) in [5.41, 5.74) is 2.01. The summed E-state index contributed by atoms with van der Waals surface area (Å²) in [6.07, 6.45) is 4.81. The Morgan fingerprint density at radius 1 is 1.36 bits per heavy atom. The molecule has 1 aliphatic heterocycles. The smallest absolute Gasteiger partial charge is 0.226 e. The predicted molar refractivity (Wildman–Crippen MR) is 91.7 cm³/mol. The number of aryl methyl sites for hydroxylation is 2. The maximum absolute atomic E-state index is 12.7. The van der Waals surface area contributed by atoms with Crippen molar-refractivity contribution in [3.8, 4) is 0 Å².